The Kier molecular flexibility index (Phi) is 10.9. The van der Waals surface area contributed by atoms with Gasteiger partial charge in [-0.25, -0.2) is 0 Å². The number of benzene rings is 3. The molecule has 3 rings (SSSR count). The predicted octanol–water partition coefficient (Wildman–Crippen LogP) is 5.74. The Bertz CT molecular complexity index is 1100. The smallest absolute Gasteiger partial charge is 0.0915 e. The van der Waals surface area contributed by atoms with Crippen LogP contribution in [0.1, 0.15) is 48.3 Å². The van der Waals surface area contributed by atoms with Gasteiger partial charge in [-0.1, -0.05) is 71.2 Å². The van der Waals surface area contributed by atoms with Crippen LogP contribution in [0.25, 0.3) is 0 Å². The highest BCUT2D eigenvalue weighted by Gasteiger charge is 2.14. The Hall–Kier alpha value is -1.83. The summed E-state index contributed by atoms with van der Waals surface area (Å²) in [5.74, 6) is 0. The van der Waals surface area contributed by atoms with Crippen LogP contribution in [0.3, 0.4) is 0 Å². The van der Waals surface area contributed by atoms with Crippen LogP contribution >= 0.6 is 34.8 Å². The van der Waals surface area contributed by atoms with Crippen LogP contribution in [-0.4, -0.2) is 35.4 Å². The van der Waals surface area contributed by atoms with Crippen molar-refractivity contribution in [2.45, 2.75) is 51.0 Å². The van der Waals surface area contributed by atoms with Crippen molar-refractivity contribution in [3.63, 3.8) is 0 Å². The molecule has 0 radical (unpaired) electrons. The second-order valence-corrected chi connectivity index (χ2v) is 10.6. The van der Waals surface area contributed by atoms with Crippen LogP contribution < -0.4 is 16.4 Å². The topological polar surface area (TPSA) is 90.5 Å². The Balaban J connectivity index is 1.42. The van der Waals surface area contributed by atoms with E-state index in [9.17, 15) is 10.2 Å². The van der Waals surface area contributed by atoms with E-state index in [1.807, 2.05) is 12.1 Å². The van der Waals surface area contributed by atoms with Gasteiger partial charge in [0.2, 0.25) is 0 Å². The van der Waals surface area contributed by atoms with E-state index in [4.69, 9.17) is 40.5 Å². The minimum atomic E-state index is -0.739. The van der Waals surface area contributed by atoms with Crippen LogP contribution in [0.2, 0.25) is 15.1 Å². The molecule has 5 nitrogen and oxygen atoms in total. The minimum absolute atomic E-state index is 0.166. The quantitative estimate of drug-likeness (QED) is 0.186. The van der Waals surface area contributed by atoms with Crippen molar-refractivity contribution in [1.29, 1.82) is 0 Å². The molecule has 3 aromatic carbocycles. The van der Waals surface area contributed by atoms with Gasteiger partial charge in [0.05, 0.1) is 27.9 Å². The molecule has 0 fully saturated rings. The summed E-state index contributed by atoms with van der Waals surface area (Å²) in [5, 5.41) is 29.0. The Morgan fingerprint density at radius 2 is 1.19 bits per heavy atom. The van der Waals surface area contributed by atoms with Crippen LogP contribution in [0.5, 0.6) is 0 Å². The van der Waals surface area contributed by atoms with E-state index in [-0.39, 0.29) is 12.1 Å². The number of nitrogens with two attached hydrogens (primary N) is 1. The lowest BCUT2D eigenvalue weighted by molar-refractivity contribution is 0.170. The Labute approximate surface area is 228 Å². The van der Waals surface area contributed by atoms with Crippen LogP contribution in [0, 0.1) is 0 Å². The lowest BCUT2D eigenvalue weighted by Crippen LogP contribution is -2.32. The molecule has 4 atom stereocenters. The van der Waals surface area contributed by atoms with Crippen molar-refractivity contribution in [3.8, 4) is 0 Å². The predicted molar refractivity (Wildman–Crippen MR) is 151 cm³/mol. The summed E-state index contributed by atoms with van der Waals surface area (Å²) in [5.41, 5.74) is 9.97. The maximum absolute atomic E-state index is 10.5. The molecule has 194 valence electrons. The Morgan fingerprint density at radius 3 is 1.67 bits per heavy atom. The molecule has 8 heteroatoms. The molecule has 0 bridgehead atoms. The molecular weight excluding hydrogens is 517 g/mol. The molecule has 0 spiro atoms. The number of aliphatic hydroxyl groups excluding tert-OH is 2. The van der Waals surface area contributed by atoms with Crippen molar-refractivity contribution in [2.75, 3.05) is 18.8 Å². The first-order valence-corrected chi connectivity index (χ1v) is 13.2. The van der Waals surface area contributed by atoms with Gasteiger partial charge in [-0.3, -0.25) is 0 Å². The van der Waals surface area contributed by atoms with Crippen molar-refractivity contribution in [1.82, 2.24) is 10.6 Å². The van der Waals surface area contributed by atoms with E-state index in [0.29, 0.717) is 39.4 Å². The van der Waals surface area contributed by atoms with Crippen molar-refractivity contribution < 1.29 is 10.2 Å². The van der Waals surface area contributed by atoms with Gasteiger partial charge < -0.3 is 26.6 Å². The average Bonchev–Trinajstić information content (AvgIpc) is 2.85. The van der Waals surface area contributed by atoms with Crippen molar-refractivity contribution in [2.24, 2.45) is 0 Å². The number of rotatable bonds is 12. The van der Waals surface area contributed by atoms with E-state index in [0.717, 1.165) is 18.4 Å². The Morgan fingerprint density at radius 1 is 0.722 bits per heavy atom. The van der Waals surface area contributed by atoms with Gasteiger partial charge >= 0.3 is 0 Å². The summed E-state index contributed by atoms with van der Waals surface area (Å²) in [7, 11) is 0. The van der Waals surface area contributed by atoms with E-state index < -0.39 is 12.2 Å². The first-order chi connectivity index (χ1) is 17.1. The fraction of sp³-hybridized carbons (Fsp3) is 0.357. The molecule has 3 unspecified atom stereocenters. The second-order valence-electron chi connectivity index (χ2n) is 9.33. The van der Waals surface area contributed by atoms with E-state index in [1.165, 1.54) is 11.1 Å². The number of nitrogens with one attached hydrogen (secondary N) is 2. The van der Waals surface area contributed by atoms with E-state index in [2.05, 4.69) is 48.7 Å². The lowest BCUT2D eigenvalue weighted by atomic mass is 10.0. The molecule has 0 aliphatic rings. The maximum atomic E-state index is 10.5. The molecule has 0 heterocycles. The number of anilines is 1. The van der Waals surface area contributed by atoms with Gasteiger partial charge in [0.25, 0.3) is 0 Å². The summed E-state index contributed by atoms with van der Waals surface area (Å²) < 4.78 is 0. The fourth-order valence-electron chi connectivity index (χ4n) is 4.03. The lowest BCUT2D eigenvalue weighted by Gasteiger charge is -2.19. The van der Waals surface area contributed by atoms with Gasteiger partial charge in [0.1, 0.15) is 0 Å². The first-order valence-electron chi connectivity index (χ1n) is 12.0. The van der Waals surface area contributed by atoms with Gasteiger partial charge in [0, 0.05) is 30.2 Å². The SMILES string of the molecule is CC(Cc1ccc(CC(C)NC[C@H](O)c2cccc(Cl)c2)cc1)NCC(O)c1cc(Cl)c(N)c(Cl)c1. The van der Waals surface area contributed by atoms with Gasteiger partial charge in [-0.15, -0.1) is 0 Å². The molecule has 0 amide bonds. The third-order valence-corrected chi connectivity index (χ3v) is 7.01. The third-order valence-electron chi connectivity index (χ3n) is 6.15. The normalized spacial score (nSPS) is 14.9. The van der Waals surface area contributed by atoms with E-state index >= 15 is 0 Å². The second kappa shape index (κ2) is 13.6. The highest BCUT2D eigenvalue weighted by Crippen LogP contribution is 2.31. The largest absolute Gasteiger partial charge is 0.396 e. The van der Waals surface area contributed by atoms with Crippen LogP contribution in [-0.2, 0) is 12.8 Å². The van der Waals surface area contributed by atoms with Crippen molar-refractivity contribution >= 4 is 40.5 Å². The molecule has 0 saturated carbocycles. The first kappa shape index (κ1) is 28.7. The summed E-state index contributed by atoms with van der Waals surface area (Å²) in [4.78, 5) is 0. The van der Waals surface area contributed by atoms with Crippen LogP contribution in [0.15, 0.2) is 60.7 Å². The standard InChI is InChI=1S/C28H34Cl3N3O2/c1-17(33-15-26(35)21-4-3-5-23(29)12-21)10-19-6-8-20(9-7-19)11-18(2)34-16-27(36)22-13-24(30)28(32)25(31)14-22/h3-9,12-14,17-18,26-27,33-36H,10-11,15-16,32H2,1-2H3/t17?,18?,26-,27?/m0/s1. The summed E-state index contributed by atoms with van der Waals surface area (Å²) in [6.07, 6.45) is 0.345. The summed E-state index contributed by atoms with van der Waals surface area (Å²) in [6.45, 7) is 5.03. The van der Waals surface area contributed by atoms with Gasteiger partial charge in [-0.05, 0) is 73.2 Å². The molecule has 0 aliphatic heterocycles. The fourth-order valence-corrected chi connectivity index (χ4v) is 4.74. The van der Waals surface area contributed by atoms with Crippen LogP contribution in [0.4, 0.5) is 5.69 Å². The maximum Gasteiger partial charge on any atom is 0.0915 e. The molecular formula is C28H34Cl3N3O2. The molecule has 3 aromatic rings. The number of hydrogen-bond acceptors (Lipinski definition) is 5. The zero-order valence-electron chi connectivity index (χ0n) is 20.5. The molecule has 36 heavy (non-hydrogen) atoms. The van der Waals surface area contributed by atoms with Crippen molar-refractivity contribution in [3.05, 3.63) is 98.0 Å². The number of nitrogen functional groups attached to an aromatic ring is 1. The molecule has 0 aromatic heterocycles. The molecule has 6 N–H and O–H groups in total. The number of halogens is 3. The number of aliphatic hydroxyl groups is 2. The monoisotopic (exact) mass is 549 g/mol. The molecule has 0 saturated heterocycles. The highest BCUT2D eigenvalue weighted by atomic mass is 35.5. The highest BCUT2D eigenvalue weighted by molar-refractivity contribution is 6.38. The number of hydrogen-bond donors (Lipinski definition) is 5. The summed E-state index contributed by atoms with van der Waals surface area (Å²) in [6, 6.07) is 19.5. The average molecular weight is 551 g/mol. The van der Waals surface area contributed by atoms with Gasteiger partial charge in [0.15, 0.2) is 0 Å². The molecule has 0 aliphatic carbocycles. The van der Waals surface area contributed by atoms with Gasteiger partial charge in [-0.2, -0.15) is 0 Å². The van der Waals surface area contributed by atoms with E-state index in [1.54, 1.807) is 24.3 Å². The third kappa shape index (κ3) is 8.63. The zero-order valence-corrected chi connectivity index (χ0v) is 22.8. The minimum Gasteiger partial charge on any atom is -0.396 e. The zero-order chi connectivity index (χ0) is 26.2. The summed E-state index contributed by atoms with van der Waals surface area (Å²) >= 11 is 18.2.